The number of methoxy groups -OCH3 is 1. The second-order valence-corrected chi connectivity index (χ2v) is 12.9. The summed E-state index contributed by atoms with van der Waals surface area (Å²) in [5.74, 6) is 3.96. The molecule has 4 aliphatic carbocycles. The minimum Gasteiger partial charge on any atom is -0.384 e. The molecule has 0 radical (unpaired) electrons. The van der Waals surface area contributed by atoms with Crippen molar-refractivity contribution >= 4 is 16.7 Å². The molecule has 4 aliphatic rings. The summed E-state index contributed by atoms with van der Waals surface area (Å²) in [6.45, 7) is 6.08. The lowest BCUT2D eigenvalue weighted by Gasteiger charge is -2.61. The van der Waals surface area contributed by atoms with Crippen LogP contribution in [0.1, 0.15) is 71.6 Å². The highest BCUT2D eigenvalue weighted by molar-refractivity contribution is 5.83. The Morgan fingerprint density at radius 2 is 2.00 bits per heavy atom. The van der Waals surface area contributed by atoms with Crippen molar-refractivity contribution in [3.05, 3.63) is 30.2 Å². The number of nitrogens with zero attached hydrogens (tertiary/aromatic N) is 2. The standard InChI is InChI=1S/C30H41FN2O2/c1-19-10-13-30(18-35-3)21(14-19)4-6-23-24-7-8-26(29(24,2)12-11-25(23)30)28(34)17-33-16-20-15-22(31)5-9-27(20)32-33/h5,9,15-16,19,21,23-26H,4,6-8,10-14,17-18H2,1-3H3/t19?,21?,23?,24?,25?,26-,29?,30?/m1/s1. The molecular weight excluding hydrogens is 439 g/mol. The highest BCUT2D eigenvalue weighted by Gasteiger charge is 2.62. The number of fused-ring (bicyclic) bond motifs is 6. The fraction of sp³-hybridized carbons (Fsp3) is 0.733. The third-order valence-corrected chi connectivity index (χ3v) is 11.3. The number of carbonyl (C=O) groups excluding carboxylic acids is 1. The fourth-order valence-corrected chi connectivity index (χ4v) is 9.74. The SMILES string of the molecule is COCC12CCC(C)CC1CCC1C2CCC2(C)C1CC[C@@H]2C(=O)Cn1cc2cc(F)ccc2n1. The summed E-state index contributed by atoms with van der Waals surface area (Å²) in [5.41, 5.74) is 1.20. The summed E-state index contributed by atoms with van der Waals surface area (Å²) in [6, 6.07) is 4.62. The van der Waals surface area contributed by atoms with Crippen LogP contribution in [0.3, 0.4) is 0 Å². The van der Waals surface area contributed by atoms with Crippen molar-refractivity contribution in [3.63, 3.8) is 0 Å². The number of carbonyl (C=O) groups is 1. The van der Waals surface area contributed by atoms with Gasteiger partial charge in [-0.05, 0) is 110 Å². The molecule has 0 saturated heterocycles. The van der Waals surface area contributed by atoms with E-state index in [1.807, 2.05) is 13.3 Å². The Hall–Kier alpha value is -1.75. The maximum absolute atomic E-state index is 13.7. The van der Waals surface area contributed by atoms with E-state index in [0.29, 0.717) is 23.7 Å². The fourth-order valence-electron chi connectivity index (χ4n) is 9.74. The van der Waals surface area contributed by atoms with Crippen LogP contribution in [-0.4, -0.2) is 29.3 Å². The smallest absolute Gasteiger partial charge is 0.157 e. The summed E-state index contributed by atoms with van der Waals surface area (Å²) in [4.78, 5) is 13.7. The number of aromatic nitrogens is 2. The first-order valence-corrected chi connectivity index (χ1v) is 14.0. The number of Topliss-reactive ketones (excluding diaryl/α,β-unsaturated/α-hetero) is 1. The van der Waals surface area contributed by atoms with E-state index < -0.39 is 0 Å². The van der Waals surface area contributed by atoms with Crippen molar-refractivity contribution in [1.29, 1.82) is 0 Å². The summed E-state index contributed by atoms with van der Waals surface area (Å²) in [6.07, 6.45) is 13.2. The summed E-state index contributed by atoms with van der Waals surface area (Å²) in [5, 5.41) is 5.31. The monoisotopic (exact) mass is 480 g/mol. The van der Waals surface area contributed by atoms with E-state index in [1.54, 1.807) is 10.7 Å². The Kier molecular flexibility index (Phi) is 5.86. The average molecular weight is 481 g/mol. The molecule has 1 aromatic heterocycles. The van der Waals surface area contributed by atoms with Crippen molar-refractivity contribution in [3.8, 4) is 0 Å². The van der Waals surface area contributed by atoms with Crippen LogP contribution in [0.2, 0.25) is 0 Å². The maximum Gasteiger partial charge on any atom is 0.157 e. The van der Waals surface area contributed by atoms with Gasteiger partial charge in [-0.3, -0.25) is 9.48 Å². The molecular formula is C30H41FN2O2. The molecule has 0 aliphatic heterocycles. The first-order valence-electron chi connectivity index (χ1n) is 14.0. The van der Waals surface area contributed by atoms with E-state index in [-0.39, 0.29) is 17.2 Å². The van der Waals surface area contributed by atoms with Crippen molar-refractivity contribution in [2.45, 2.75) is 78.2 Å². The van der Waals surface area contributed by atoms with Gasteiger partial charge >= 0.3 is 0 Å². The van der Waals surface area contributed by atoms with Crippen LogP contribution in [-0.2, 0) is 16.1 Å². The van der Waals surface area contributed by atoms with Gasteiger partial charge in [0.05, 0.1) is 18.7 Å². The largest absolute Gasteiger partial charge is 0.384 e. The number of hydrogen-bond donors (Lipinski definition) is 0. The highest BCUT2D eigenvalue weighted by Crippen LogP contribution is 2.68. The molecule has 190 valence electrons. The number of ketones is 1. The zero-order chi connectivity index (χ0) is 24.4. The van der Waals surface area contributed by atoms with Gasteiger partial charge in [0.1, 0.15) is 5.82 Å². The van der Waals surface area contributed by atoms with E-state index >= 15 is 0 Å². The van der Waals surface area contributed by atoms with Crippen molar-refractivity contribution in [2.75, 3.05) is 13.7 Å². The molecule has 2 aromatic rings. The van der Waals surface area contributed by atoms with Crippen LogP contribution < -0.4 is 0 Å². The molecule has 5 heteroatoms. The van der Waals surface area contributed by atoms with Gasteiger partial charge in [0.2, 0.25) is 0 Å². The molecule has 7 unspecified atom stereocenters. The maximum atomic E-state index is 13.7. The molecule has 0 spiro atoms. The summed E-state index contributed by atoms with van der Waals surface area (Å²) < 4.78 is 21.3. The predicted molar refractivity (Wildman–Crippen MR) is 135 cm³/mol. The van der Waals surface area contributed by atoms with Crippen LogP contribution in [0.15, 0.2) is 24.4 Å². The molecule has 1 heterocycles. The number of halogens is 1. The van der Waals surface area contributed by atoms with Crippen LogP contribution in [0.5, 0.6) is 0 Å². The van der Waals surface area contributed by atoms with Crippen LogP contribution in [0, 0.1) is 52.2 Å². The highest BCUT2D eigenvalue weighted by atomic mass is 19.1. The predicted octanol–water partition coefficient (Wildman–Crippen LogP) is 6.67. The second kappa shape index (κ2) is 8.68. The van der Waals surface area contributed by atoms with E-state index in [0.717, 1.165) is 54.0 Å². The average Bonchev–Trinajstić information content (AvgIpc) is 3.38. The number of rotatable bonds is 5. The van der Waals surface area contributed by atoms with Crippen LogP contribution >= 0.6 is 0 Å². The Balaban J connectivity index is 1.22. The Labute approximate surface area is 209 Å². The third kappa shape index (κ3) is 3.70. The molecule has 4 fully saturated rings. The molecule has 0 bridgehead atoms. The van der Waals surface area contributed by atoms with Gasteiger partial charge < -0.3 is 4.74 Å². The van der Waals surface area contributed by atoms with Gasteiger partial charge in [-0.15, -0.1) is 0 Å². The van der Waals surface area contributed by atoms with E-state index in [1.165, 1.54) is 57.1 Å². The molecule has 1 aromatic carbocycles. The van der Waals surface area contributed by atoms with Gasteiger partial charge in [-0.1, -0.05) is 20.3 Å². The van der Waals surface area contributed by atoms with Crippen molar-refractivity contribution in [2.24, 2.45) is 46.3 Å². The number of benzene rings is 1. The first-order chi connectivity index (χ1) is 16.8. The molecule has 4 saturated carbocycles. The second-order valence-electron chi connectivity index (χ2n) is 12.9. The molecule has 35 heavy (non-hydrogen) atoms. The lowest BCUT2D eigenvalue weighted by Crippen LogP contribution is -2.56. The molecule has 8 atom stereocenters. The molecule has 6 rings (SSSR count). The summed E-state index contributed by atoms with van der Waals surface area (Å²) in [7, 11) is 1.90. The molecule has 0 amide bonds. The summed E-state index contributed by atoms with van der Waals surface area (Å²) >= 11 is 0. The van der Waals surface area contributed by atoms with Gasteiger partial charge in [-0.25, -0.2) is 4.39 Å². The van der Waals surface area contributed by atoms with Gasteiger partial charge in [0, 0.05) is 24.6 Å². The minimum absolute atomic E-state index is 0.0972. The lowest BCUT2D eigenvalue weighted by molar-refractivity contribution is -0.154. The first kappa shape index (κ1) is 23.6. The normalized spacial score (nSPS) is 40.8. The van der Waals surface area contributed by atoms with E-state index in [4.69, 9.17) is 4.74 Å². The third-order valence-electron chi connectivity index (χ3n) is 11.3. The van der Waals surface area contributed by atoms with Crippen LogP contribution in [0.25, 0.3) is 10.9 Å². The Morgan fingerprint density at radius 1 is 1.14 bits per heavy atom. The lowest BCUT2D eigenvalue weighted by atomic mass is 9.44. The van der Waals surface area contributed by atoms with Gasteiger partial charge in [-0.2, -0.15) is 5.10 Å². The Morgan fingerprint density at radius 3 is 2.83 bits per heavy atom. The van der Waals surface area contributed by atoms with Gasteiger partial charge in [0.15, 0.2) is 5.78 Å². The number of hydrogen-bond acceptors (Lipinski definition) is 3. The van der Waals surface area contributed by atoms with Gasteiger partial charge in [0.25, 0.3) is 0 Å². The quantitative estimate of drug-likeness (QED) is 0.480. The zero-order valence-corrected chi connectivity index (χ0v) is 21.6. The molecule has 4 nitrogen and oxygen atoms in total. The van der Waals surface area contributed by atoms with Crippen molar-refractivity contribution < 1.29 is 13.9 Å². The van der Waals surface area contributed by atoms with E-state index in [9.17, 15) is 9.18 Å². The van der Waals surface area contributed by atoms with E-state index in [2.05, 4.69) is 18.9 Å². The van der Waals surface area contributed by atoms with Crippen molar-refractivity contribution in [1.82, 2.24) is 9.78 Å². The Bertz CT molecular complexity index is 1110. The zero-order valence-electron chi connectivity index (χ0n) is 21.6. The van der Waals surface area contributed by atoms with Crippen LogP contribution in [0.4, 0.5) is 4.39 Å². The minimum atomic E-state index is -0.264. The topological polar surface area (TPSA) is 44.1 Å². The molecule has 0 N–H and O–H groups in total. The number of ether oxygens (including phenoxy) is 1.